The van der Waals surface area contributed by atoms with Crippen LogP contribution in [0.2, 0.25) is 0 Å². The van der Waals surface area contributed by atoms with Crippen molar-refractivity contribution in [2.75, 3.05) is 0 Å². The Labute approximate surface area is 104 Å². The highest BCUT2D eigenvalue weighted by molar-refractivity contribution is 9.10. The fraction of sp³-hybridized carbons (Fsp3) is 0.833. The summed E-state index contributed by atoms with van der Waals surface area (Å²) in [5.41, 5.74) is 0. The second-order valence-corrected chi connectivity index (χ2v) is 7.37. The van der Waals surface area contributed by atoms with Crippen LogP contribution < -0.4 is 0 Å². The molecule has 4 heteroatoms. The van der Waals surface area contributed by atoms with Gasteiger partial charge in [-0.05, 0) is 49.9 Å². The van der Waals surface area contributed by atoms with Crippen molar-refractivity contribution in [2.45, 2.75) is 36.4 Å². The van der Waals surface area contributed by atoms with Gasteiger partial charge in [-0.1, -0.05) is 15.9 Å². The number of allylic oxidation sites excluding steroid dienone is 1. The lowest BCUT2D eigenvalue weighted by Gasteiger charge is -2.58. The molecular formula is C12H16BrN2O+. The van der Waals surface area contributed by atoms with E-state index in [4.69, 9.17) is 5.39 Å². The number of nitrogens with zero attached hydrogens (tertiary/aromatic N) is 2. The SMILES string of the molecule is N#[N+]/C=C(\O)C1C2CC3CC(C2)CC1(Br)C3. The summed E-state index contributed by atoms with van der Waals surface area (Å²) in [6.07, 6.45) is 7.37. The van der Waals surface area contributed by atoms with Crippen molar-refractivity contribution >= 4 is 15.9 Å². The Kier molecular flexibility index (Phi) is 2.29. The molecule has 0 saturated heterocycles. The summed E-state index contributed by atoms with van der Waals surface area (Å²) in [4.78, 5) is 2.97. The van der Waals surface area contributed by atoms with E-state index in [2.05, 4.69) is 20.9 Å². The van der Waals surface area contributed by atoms with Crippen LogP contribution in [-0.4, -0.2) is 9.43 Å². The molecule has 0 aromatic heterocycles. The summed E-state index contributed by atoms with van der Waals surface area (Å²) in [7, 11) is 0. The molecule has 4 aliphatic carbocycles. The molecule has 0 aromatic rings. The Morgan fingerprint density at radius 1 is 1.31 bits per heavy atom. The molecule has 0 radical (unpaired) electrons. The zero-order valence-corrected chi connectivity index (χ0v) is 10.7. The Bertz CT molecular complexity index is 373. The molecule has 0 aromatic carbocycles. The third-order valence-corrected chi connectivity index (χ3v) is 5.87. The Morgan fingerprint density at radius 3 is 2.44 bits per heavy atom. The lowest BCUT2D eigenvalue weighted by atomic mass is 9.51. The van der Waals surface area contributed by atoms with Gasteiger partial charge >= 0.3 is 6.20 Å². The van der Waals surface area contributed by atoms with Crippen LogP contribution >= 0.6 is 15.9 Å². The van der Waals surface area contributed by atoms with Gasteiger partial charge < -0.3 is 5.11 Å². The molecule has 0 aliphatic heterocycles. The van der Waals surface area contributed by atoms with E-state index in [9.17, 15) is 5.11 Å². The van der Waals surface area contributed by atoms with E-state index in [1.54, 1.807) is 0 Å². The normalized spacial score (nSPS) is 50.4. The van der Waals surface area contributed by atoms with Crippen LogP contribution in [0.15, 0.2) is 12.0 Å². The zero-order valence-electron chi connectivity index (χ0n) is 9.14. The van der Waals surface area contributed by atoms with Gasteiger partial charge in [0.1, 0.15) is 0 Å². The zero-order chi connectivity index (χ0) is 11.3. The molecule has 3 nitrogen and oxygen atoms in total. The summed E-state index contributed by atoms with van der Waals surface area (Å²) in [5, 5.41) is 18.6. The van der Waals surface area contributed by atoms with E-state index in [1.807, 2.05) is 0 Å². The van der Waals surface area contributed by atoms with Gasteiger partial charge in [0, 0.05) is 10.2 Å². The second-order valence-electron chi connectivity index (χ2n) is 5.79. The number of rotatable bonds is 1. The van der Waals surface area contributed by atoms with Crippen LogP contribution in [0, 0.1) is 29.1 Å². The maximum absolute atomic E-state index is 10.0. The minimum atomic E-state index is 0.0625. The number of hydrogen-bond acceptors (Lipinski definition) is 2. The fourth-order valence-electron chi connectivity index (χ4n) is 4.59. The summed E-state index contributed by atoms with van der Waals surface area (Å²) < 4.78 is 0.0625. The van der Waals surface area contributed by atoms with Crippen molar-refractivity contribution in [1.29, 1.82) is 5.39 Å². The summed E-state index contributed by atoms with van der Waals surface area (Å²) in [6, 6.07) is 0. The van der Waals surface area contributed by atoms with Crippen LogP contribution in [0.1, 0.15) is 32.1 Å². The van der Waals surface area contributed by atoms with Crippen molar-refractivity contribution in [3.05, 3.63) is 16.9 Å². The highest BCUT2D eigenvalue weighted by Crippen LogP contribution is 2.63. The van der Waals surface area contributed by atoms with Crippen LogP contribution in [0.3, 0.4) is 0 Å². The van der Waals surface area contributed by atoms with E-state index in [1.165, 1.54) is 25.5 Å². The molecule has 4 saturated carbocycles. The summed E-state index contributed by atoms with van der Waals surface area (Å²) >= 11 is 3.87. The summed E-state index contributed by atoms with van der Waals surface area (Å²) in [6.45, 7) is 0. The molecule has 4 rings (SSSR count). The highest BCUT2D eigenvalue weighted by Gasteiger charge is 2.57. The Balaban J connectivity index is 1.95. The van der Waals surface area contributed by atoms with Crippen molar-refractivity contribution in [3.63, 3.8) is 0 Å². The van der Waals surface area contributed by atoms with Gasteiger partial charge in [0.15, 0.2) is 10.7 Å². The van der Waals surface area contributed by atoms with E-state index in [0.29, 0.717) is 5.92 Å². The maximum Gasteiger partial charge on any atom is 0.387 e. The monoisotopic (exact) mass is 283 g/mol. The van der Waals surface area contributed by atoms with Crippen LogP contribution in [0.4, 0.5) is 0 Å². The Hall–Kier alpha value is -0.560. The first kappa shape index (κ1) is 10.6. The topological polar surface area (TPSA) is 48.4 Å². The molecule has 4 bridgehead atoms. The van der Waals surface area contributed by atoms with Crippen LogP contribution in [-0.2, 0) is 0 Å². The predicted octanol–water partition coefficient (Wildman–Crippen LogP) is 3.83. The molecule has 4 aliphatic rings. The van der Waals surface area contributed by atoms with Gasteiger partial charge in [-0.3, -0.25) is 0 Å². The average Bonchev–Trinajstić information content (AvgIpc) is 2.14. The minimum absolute atomic E-state index is 0.0625. The number of halogens is 1. The van der Waals surface area contributed by atoms with E-state index < -0.39 is 0 Å². The Morgan fingerprint density at radius 2 is 1.94 bits per heavy atom. The molecule has 86 valence electrons. The van der Waals surface area contributed by atoms with Crippen LogP contribution in [0.5, 0.6) is 0 Å². The lowest BCUT2D eigenvalue weighted by Crippen LogP contribution is -2.54. The number of aliphatic hydroxyl groups is 1. The van der Waals surface area contributed by atoms with Gasteiger partial charge in [0.05, 0.1) is 0 Å². The third kappa shape index (κ3) is 1.41. The third-order valence-electron chi connectivity index (χ3n) is 4.73. The fourth-order valence-corrected chi connectivity index (χ4v) is 6.11. The summed E-state index contributed by atoms with van der Waals surface area (Å²) in [5.74, 6) is 2.65. The van der Waals surface area contributed by atoms with Gasteiger partial charge in [-0.2, -0.15) is 0 Å². The minimum Gasteiger partial charge on any atom is -0.505 e. The predicted molar refractivity (Wildman–Crippen MR) is 64.5 cm³/mol. The van der Waals surface area contributed by atoms with Crippen LogP contribution in [0.25, 0.3) is 4.98 Å². The first-order valence-electron chi connectivity index (χ1n) is 6.04. The van der Waals surface area contributed by atoms with Gasteiger partial charge in [0.25, 0.3) is 0 Å². The van der Waals surface area contributed by atoms with Crippen molar-refractivity contribution in [3.8, 4) is 0 Å². The first-order valence-corrected chi connectivity index (χ1v) is 6.84. The molecular weight excluding hydrogens is 268 g/mol. The number of alkyl halides is 1. The number of aliphatic hydroxyl groups excluding tert-OH is 1. The largest absolute Gasteiger partial charge is 0.505 e. The smallest absolute Gasteiger partial charge is 0.387 e. The van der Waals surface area contributed by atoms with Crippen molar-refractivity contribution in [2.24, 2.45) is 23.7 Å². The van der Waals surface area contributed by atoms with Gasteiger partial charge in [-0.15, -0.1) is 0 Å². The van der Waals surface area contributed by atoms with Gasteiger partial charge in [0.2, 0.25) is 5.39 Å². The average molecular weight is 284 g/mol. The van der Waals surface area contributed by atoms with E-state index in [0.717, 1.165) is 24.7 Å². The molecule has 0 amide bonds. The second kappa shape index (κ2) is 3.46. The standard InChI is InChI=1S/C12H15BrN2O/c13-12-4-7-1-8(5-12)3-9(2-7)11(12)10(16)6-15-14/h6-9,11H,1-5H2/p+1/b10-6-. The molecule has 0 spiro atoms. The highest BCUT2D eigenvalue weighted by atomic mass is 79.9. The molecule has 0 heterocycles. The quantitative estimate of drug-likeness (QED) is 0.452. The first-order chi connectivity index (χ1) is 7.62. The van der Waals surface area contributed by atoms with E-state index >= 15 is 0 Å². The molecule has 3 unspecified atom stereocenters. The lowest BCUT2D eigenvalue weighted by molar-refractivity contribution is -0.0127. The van der Waals surface area contributed by atoms with Gasteiger partial charge in [-0.25, -0.2) is 0 Å². The van der Waals surface area contributed by atoms with Crippen molar-refractivity contribution < 1.29 is 5.11 Å². The van der Waals surface area contributed by atoms with Crippen molar-refractivity contribution in [1.82, 2.24) is 0 Å². The molecule has 1 N–H and O–H groups in total. The molecule has 3 atom stereocenters. The maximum atomic E-state index is 10.0. The number of hydrogen-bond donors (Lipinski definition) is 1. The van der Waals surface area contributed by atoms with E-state index in [-0.39, 0.29) is 16.0 Å². The number of diazo groups is 1. The molecule has 16 heavy (non-hydrogen) atoms. The molecule has 4 fully saturated rings.